The average molecular weight is 624 g/mol. The predicted octanol–water partition coefficient (Wildman–Crippen LogP) is 8.60. The van der Waals surface area contributed by atoms with E-state index in [-0.39, 0.29) is 6.09 Å². The van der Waals surface area contributed by atoms with Crippen molar-refractivity contribution in [3.05, 3.63) is 108 Å². The molecule has 8 heteroatoms. The molecule has 3 aromatic carbocycles. The summed E-state index contributed by atoms with van der Waals surface area (Å²) in [6.45, 7) is 8.82. The number of benzene rings is 3. The van der Waals surface area contributed by atoms with E-state index in [4.69, 9.17) is 19.2 Å². The molecule has 0 unspecified atom stereocenters. The molecule has 2 aliphatic rings. The Balaban J connectivity index is 1.24. The van der Waals surface area contributed by atoms with E-state index in [9.17, 15) is 4.79 Å². The Kier molecular flexibility index (Phi) is 9.50. The molecule has 2 aliphatic heterocycles. The van der Waals surface area contributed by atoms with Crippen LogP contribution in [0.2, 0.25) is 0 Å². The molecule has 1 saturated heterocycles. The Hall–Kier alpha value is -4.17. The van der Waals surface area contributed by atoms with Crippen LogP contribution in [0.1, 0.15) is 56.2 Å². The maximum atomic E-state index is 12.7. The number of thioether (sulfide) groups is 1. The number of carbonyl (C=O) groups is 1. The molecule has 1 fully saturated rings. The van der Waals surface area contributed by atoms with Crippen LogP contribution in [0.25, 0.3) is 0 Å². The van der Waals surface area contributed by atoms with Gasteiger partial charge in [0.05, 0.1) is 5.69 Å². The zero-order valence-corrected chi connectivity index (χ0v) is 27.1. The number of fused-ring (bicyclic) bond motifs is 1. The van der Waals surface area contributed by atoms with Crippen molar-refractivity contribution < 1.29 is 19.0 Å². The van der Waals surface area contributed by atoms with Crippen molar-refractivity contribution in [3.63, 3.8) is 0 Å². The van der Waals surface area contributed by atoms with Gasteiger partial charge in [-0.15, -0.1) is 11.8 Å². The molecule has 45 heavy (non-hydrogen) atoms. The second-order valence-electron chi connectivity index (χ2n) is 12.5. The van der Waals surface area contributed by atoms with Gasteiger partial charge in [-0.1, -0.05) is 72.8 Å². The van der Waals surface area contributed by atoms with E-state index in [0.717, 1.165) is 42.0 Å². The summed E-state index contributed by atoms with van der Waals surface area (Å²) >= 11 is 1.91. The number of carbonyl (C=O) groups excluding carboxylic acids is 1. The lowest BCUT2D eigenvalue weighted by Crippen LogP contribution is -2.41. The number of anilines is 2. The fourth-order valence-corrected chi connectivity index (χ4v) is 7.01. The molecule has 1 aromatic heterocycles. The standard InChI is InChI=1S/C37H41N3O4S/c1-37(2,3)44-36(41)39-21-19-29(20-22-39)30-15-10-16-31-34(30)45-24-23-40(31)32-17-18-33(42-25-27-11-6-4-7-12-27)38-35(32)43-26-28-13-8-5-9-14-28/h4-18,29H,19-26H2,1-3H3. The van der Waals surface area contributed by atoms with Gasteiger partial charge in [0.2, 0.25) is 11.8 Å². The minimum Gasteiger partial charge on any atom is -0.473 e. The fourth-order valence-electron chi connectivity index (χ4n) is 5.81. The van der Waals surface area contributed by atoms with E-state index in [1.54, 1.807) is 0 Å². The van der Waals surface area contributed by atoms with Crippen LogP contribution in [0.5, 0.6) is 11.8 Å². The zero-order chi connectivity index (χ0) is 31.2. The first-order chi connectivity index (χ1) is 21.8. The molecule has 0 aliphatic carbocycles. The molecule has 0 N–H and O–H groups in total. The highest BCUT2D eigenvalue weighted by Gasteiger charge is 2.31. The number of hydrogen-bond donors (Lipinski definition) is 0. The Morgan fingerprint density at radius 3 is 2.13 bits per heavy atom. The fraction of sp³-hybridized carbons (Fsp3) is 0.351. The first-order valence-corrected chi connectivity index (χ1v) is 16.7. The van der Waals surface area contributed by atoms with Crippen LogP contribution in [0.3, 0.4) is 0 Å². The number of nitrogens with zero attached hydrogens (tertiary/aromatic N) is 3. The molecule has 234 valence electrons. The van der Waals surface area contributed by atoms with E-state index in [0.29, 0.717) is 44.0 Å². The number of piperidine rings is 1. The Morgan fingerprint density at radius 1 is 0.800 bits per heavy atom. The van der Waals surface area contributed by atoms with Crippen molar-refractivity contribution in [1.82, 2.24) is 9.88 Å². The van der Waals surface area contributed by atoms with Crippen molar-refractivity contribution in [3.8, 4) is 11.8 Å². The summed E-state index contributed by atoms with van der Waals surface area (Å²) < 4.78 is 18.1. The summed E-state index contributed by atoms with van der Waals surface area (Å²) in [5.41, 5.74) is 5.13. The predicted molar refractivity (Wildman–Crippen MR) is 180 cm³/mol. The molecule has 0 spiro atoms. The van der Waals surface area contributed by atoms with Gasteiger partial charge in [0.15, 0.2) is 0 Å². The lowest BCUT2D eigenvalue weighted by atomic mass is 9.89. The molecule has 0 saturated carbocycles. The van der Waals surface area contributed by atoms with Crippen LogP contribution in [-0.4, -0.2) is 47.0 Å². The minimum atomic E-state index is -0.489. The third-order valence-electron chi connectivity index (χ3n) is 8.02. The topological polar surface area (TPSA) is 64.1 Å². The van der Waals surface area contributed by atoms with Crippen molar-refractivity contribution in [2.45, 2.75) is 63.2 Å². The lowest BCUT2D eigenvalue weighted by Gasteiger charge is -2.37. The number of likely N-dealkylation sites (tertiary alicyclic amines) is 1. The van der Waals surface area contributed by atoms with Crippen molar-refractivity contribution in [2.24, 2.45) is 0 Å². The van der Waals surface area contributed by atoms with Crippen LogP contribution < -0.4 is 14.4 Å². The van der Waals surface area contributed by atoms with E-state index in [1.807, 2.05) is 92.0 Å². The van der Waals surface area contributed by atoms with E-state index < -0.39 is 5.60 Å². The summed E-state index contributed by atoms with van der Waals surface area (Å²) in [4.78, 5) is 23.0. The first kappa shape index (κ1) is 30.8. The molecule has 3 heterocycles. The summed E-state index contributed by atoms with van der Waals surface area (Å²) in [6.07, 6.45) is 1.61. The lowest BCUT2D eigenvalue weighted by molar-refractivity contribution is 0.0204. The quantitative estimate of drug-likeness (QED) is 0.195. The van der Waals surface area contributed by atoms with Crippen LogP contribution in [0, 0.1) is 0 Å². The maximum Gasteiger partial charge on any atom is 0.410 e. The summed E-state index contributed by atoms with van der Waals surface area (Å²) in [7, 11) is 0. The van der Waals surface area contributed by atoms with Crippen molar-refractivity contribution in [1.29, 1.82) is 0 Å². The van der Waals surface area contributed by atoms with Gasteiger partial charge in [0.1, 0.15) is 24.5 Å². The number of aromatic nitrogens is 1. The van der Waals surface area contributed by atoms with E-state index in [2.05, 4.69) is 41.3 Å². The highest BCUT2D eigenvalue weighted by molar-refractivity contribution is 7.99. The van der Waals surface area contributed by atoms with Crippen molar-refractivity contribution >= 4 is 29.2 Å². The second kappa shape index (κ2) is 13.9. The van der Waals surface area contributed by atoms with Gasteiger partial charge in [0, 0.05) is 36.3 Å². The second-order valence-corrected chi connectivity index (χ2v) is 13.6. The SMILES string of the molecule is CC(C)(C)OC(=O)N1CCC(c2cccc3c2SCCN3c2ccc(OCc3ccccc3)nc2OCc2ccccc2)CC1. The Bertz CT molecular complexity index is 1580. The maximum absolute atomic E-state index is 12.7. The third kappa shape index (κ3) is 7.74. The molecule has 6 rings (SSSR count). The number of ether oxygens (including phenoxy) is 3. The monoisotopic (exact) mass is 623 g/mol. The van der Waals surface area contributed by atoms with Crippen LogP contribution in [-0.2, 0) is 18.0 Å². The zero-order valence-electron chi connectivity index (χ0n) is 26.3. The van der Waals surface area contributed by atoms with Gasteiger partial charge in [-0.25, -0.2) is 4.79 Å². The number of rotatable bonds is 8. The first-order valence-electron chi connectivity index (χ1n) is 15.7. The summed E-state index contributed by atoms with van der Waals surface area (Å²) in [5.74, 6) is 2.42. The summed E-state index contributed by atoms with van der Waals surface area (Å²) in [6, 6.07) is 30.9. The average Bonchev–Trinajstić information content (AvgIpc) is 3.06. The van der Waals surface area contributed by atoms with Gasteiger partial charge in [-0.05, 0) is 68.4 Å². The van der Waals surface area contributed by atoms with Crippen LogP contribution in [0.4, 0.5) is 16.2 Å². The van der Waals surface area contributed by atoms with Crippen LogP contribution >= 0.6 is 11.8 Å². The number of amides is 1. The van der Waals surface area contributed by atoms with Crippen molar-refractivity contribution in [2.75, 3.05) is 30.3 Å². The molecule has 0 atom stereocenters. The molecule has 0 radical (unpaired) electrons. The van der Waals surface area contributed by atoms with Crippen LogP contribution in [0.15, 0.2) is 95.9 Å². The van der Waals surface area contributed by atoms with E-state index >= 15 is 0 Å². The van der Waals surface area contributed by atoms with Gasteiger partial charge in [0.25, 0.3) is 0 Å². The summed E-state index contributed by atoms with van der Waals surface area (Å²) in [5, 5.41) is 0. The van der Waals surface area contributed by atoms with Gasteiger partial charge in [-0.3, -0.25) is 0 Å². The van der Waals surface area contributed by atoms with E-state index in [1.165, 1.54) is 16.1 Å². The third-order valence-corrected chi connectivity index (χ3v) is 9.14. The Morgan fingerprint density at radius 2 is 1.47 bits per heavy atom. The number of pyridine rings is 1. The minimum absolute atomic E-state index is 0.219. The Labute approximate surface area is 270 Å². The number of hydrogen-bond acceptors (Lipinski definition) is 7. The smallest absolute Gasteiger partial charge is 0.410 e. The molecular formula is C37H41N3O4S. The largest absolute Gasteiger partial charge is 0.473 e. The molecule has 0 bridgehead atoms. The van der Waals surface area contributed by atoms with Gasteiger partial charge >= 0.3 is 6.09 Å². The molecular weight excluding hydrogens is 582 g/mol. The highest BCUT2D eigenvalue weighted by atomic mass is 32.2. The molecule has 1 amide bonds. The van der Waals surface area contributed by atoms with Gasteiger partial charge in [-0.2, -0.15) is 4.98 Å². The molecule has 7 nitrogen and oxygen atoms in total. The molecule has 4 aromatic rings. The van der Waals surface area contributed by atoms with Gasteiger partial charge < -0.3 is 24.0 Å². The normalized spacial score (nSPS) is 15.4. The highest BCUT2D eigenvalue weighted by Crippen LogP contribution is 2.47.